The van der Waals surface area contributed by atoms with Gasteiger partial charge >= 0.3 is 0 Å². The summed E-state index contributed by atoms with van der Waals surface area (Å²) in [5.74, 6) is 0. The number of hydrogen-bond acceptors (Lipinski definition) is 3. The Morgan fingerprint density at radius 3 is 2.92 bits per heavy atom. The summed E-state index contributed by atoms with van der Waals surface area (Å²) < 4.78 is 0. The zero-order valence-electron chi connectivity index (χ0n) is 8.58. The lowest BCUT2D eigenvalue weighted by Crippen LogP contribution is -2.44. The van der Waals surface area contributed by atoms with Crippen LogP contribution >= 0.6 is 0 Å². The van der Waals surface area contributed by atoms with Gasteiger partial charge in [0.25, 0.3) is 0 Å². The van der Waals surface area contributed by atoms with Crippen molar-refractivity contribution in [3.8, 4) is 6.07 Å². The summed E-state index contributed by atoms with van der Waals surface area (Å²) in [6, 6.07) is 2.88. The molecule has 0 saturated carbocycles. The van der Waals surface area contributed by atoms with E-state index in [9.17, 15) is 0 Å². The van der Waals surface area contributed by atoms with Gasteiger partial charge in [0.1, 0.15) is 0 Å². The summed E-state index contributed by atoms with van der Waals surface area (Å²) in [7, 11) is 2.02. The highest BCUT2D eigenvalue weighted by molar-refractivity contribution is 4.88. The zero-order valence-corrected chi connectivity index (χ0v) is 8.58. The Kier molecular flexibility index (Phi) is 4.20. The number of hydrogen-bond donors (Lipinski definition) is 1. The van der Waals surface area contributed by atoms with Gasteiger partial charge in [0.2, 0.25) is 0 Å². The average molecular weight is 181 g/mol. The number of nitrogens with zero attached hydrogens (tertiary/aromatic N) is 2. The Labute approximate surface area is 80.7 Å². The molecule has 0 aromatic rings. The fourth-order valence-electron chi connectivity index (χ4n) is 1.68. The molecule has 0 amide bonds. The molecular weight excluding hydrogens is 162 g/mol. The van der Waals surface area contributed by atoms with Gasteiger partial charge < -0.3 is 5.32 Å². The van der Waals surface area contributed by atoms with E-state index >= 15 is 0 Å². The van der Waals surface area contributed by atoms with Gasteiger partial charge in [0.15, 0.2) is 0 Å². The van der Waals surface area contributed by atoms with Crippen molar-refractivity contribution >= 4 is 0 Å². The van der Waals surface area contributed by atoms with Crippen LogP contribution in [0.1, 0.15) is 26.2 Å². The van der Waals surface area contributed by atoms with Gasteiger partial charge in [0, 0.05) is 12.6 Å². The molecule has 1 heterocycles. The molecule has 2 atom stereocenters. The summed E-state index contributed by atoms with van der Waals surface area (Å²) in [4.78, 5) is 2.11. The maximum Gasteiger partial charge on any atom is 0.0947 e. The van der Waals surface area contributed by atoms with Gasteiger partial charge in [-0.25, -0.2) is 0 Å². The Balaban J connectivity index is 2.26. The van der Waals surface area contributed by atoms with E-state index in [1.54, 1.807) is 0 Å². The van der Waals surface area contributed by atoms with Crippen LogP contribution in [0.4, 0.5) is 0 Å². The summed E-state index contributed by atoms with van der Waals surface area (Å²) >= 11 is 0. The highest BCUT2D eigenvalue weighted by atomic mass is 15.1. The zero-order chi connectivity index (χ0) is 9.68. The molecule has 0 radical (unpaired) electrons. The SMILES string of the molecule is CC(C#N)N(C)CC1CCCCN1. The van der Waals surface area contributed by atoms with E-state index in [2.05, 4.69) is 16.3 Å². The van der Waals surface area contributed by atoms with Crippen LogP contribution in [-0.2, 0) is 0 Å². The second-order valence-corrected chi connectivity index (χ2v) is 3.89. The third-order valence-electron chi connectivity index (χ3n) is 2.77. The molecule has 0 bridgehead atoms. The molecule has 0 aliphatic carbocycles. The first-order valence-corrected chi connectivity index (χ1v) is 5.07. The molecule has 2 unspecified atom stereocenters. The van der Waals surface area contributed by atoms with Crippen LogP contribution in [0.2, 0.25) is 0 Å². The normalized spacial score (nSPS) is 25.5. The van der Waals surface area contributed by atoms with Gasteiger partial charge in [-0.1, -0.05) is 6.42 Å². The van der Waals surface area contributed by atoms with Crippen molar-refractivity contribution in [2.75, 3.05) is 20.1 Å². The summed E-state index contributed by atoms with van der Waals surface area (Å²) in [5.41, 5.74) is 0. The fraction of sp³-hybridized carbons (Fsp3) is 0.900. The highest BCUT2D eigenvalue weighted by Gasteiger charge is 2.16. The van der Waals surface area contributed by atoms with Crippen LogP contribution in [0.5, 0.6) is 0 Å². The maximum absolute atomic E-state index is 8.72. The number of piperidine rings is 1. The Hall–Kier alpha value is -0.590. The lowest BCUT2D eigenvalue weighted by Gasteiger charge is -2.29. The molecule has 13 heavy (non-hydrogen) atoms. The van der Waals surface area contributed by atoms with E-state index in [1.807, 2.05) is 14.0 Å². The molecule has 74 valence electrons. The molecule has 1 N–H and O–H groups in total. The monoisotopic (exact) mass is 181 g/mol. The first-order valence-electron chi connectivity index (χ1n) is 5.07. The van der Waals surface area contributed by atoms with Gasteiger partial charge in [-0.15, -0.1) is 0 Å². The smallest absolute Gasteiger partial charge is 0.0947 e. The molecule has 3 heteroatoms. The molecule has 0 aromatic heterocycles. The molecule has 1 aliphatic rings. The van der Waals surface area contributed by atoms with Gasteiger partial charge in [-0.3, -0.25) is 4.90 Å². The number of nitrogens with one attached hydrogen (secondary N) is 1. The van der Waals surface area contributed by atoms with Crippen LogP contribution in [0.3, 0.4) is 0 Å². The Bertz CT molecular complexity index is 179. The fourth-order valence-corrected chi connectivity index (χ4v) is 1.68. The van der Waals surface area contributed by atoms with E-state index in [1.165, 1.54) is 19.3 Å². The maximum atomic E-state index is 8.72. The predicted molar refractivity (Wildman–Crippen MR) is 53.3 cm³/mol. The number of rotatable bonds is 3. The standard InChI is InChI=1S/C10H19N3/c1-9(7-11)13(2)8-10-5-3-4-6-12-10/h9-10,12H,3-6,8H2,1-2H3. The quantitative estimate of drug-likeness (QED) is 0.705. The van der Waals surface area contributed by atoms with Crippen LogP contribution in [0.15, 0.2) is 0 Å². The van der Waals surface area contributed by atoms with Crippen molar-refractivity contribution in [2.24, 2.45) is 0 Å². The molecule has 1 rings (SSSR count). The Morgan fingerprint density at radius 2 is 2.38 bits per heavy atom. The molecule has 1 aliphatic heterocycles. The van der Waals surface area contributed by atoms with Crippen LogP contribution in [-0.4, -0.2) is 37.1 Å². The minimum Gasteiger partial charge on any atom is -0.313 e. The minimum absolute atomic E-state index is 0.0312. The van der Waals surface area contributed by atoms with Crippen molar-refractivity contribution in [2.45, 2.75) is 38.3 Å². The van der Waals surface area contributed by atoms with Crippen molar-refractivity contribution in [1.29, 1.82) is 5.26 Å². The van der Waals surface area contributed by atoms with Crippen molar-refractivity contribution in [3.05, 3.63) is 0 Å². The minimum atomic E-state index is 0.0312. The van der Waals surface area contributed by atoms with Gasteiger partial charge in [-0.2, -0.15) is 5.26 Å². The second-order valence-electron chi connectivity index (χ2n) is 3.89. The van der Waals surface area contributed by atoms with Crippen molar-refractivity contribution in [1.82, 2.24) is 10.2 Å². The van der Waals surface area contributed by atoms with Gasteiger partial charge in [0.05, 0.1) is 12.1 Å². The molecule has 0 spiro atoms. The molecule has 1 fully saturated rings. The first-order chi connectivity index (χ1) is 6.24. The van der Waals surface area contributed by atoms with Crippen LogP contribution in [0.25, 0.3) is 0 Å². The van der Waals surface area contributed by atoms with E-state index in [0.29, 0.717) is 6.04 Å². The largest absolute Gasteiger partial charge is 0.313 e. The van der Waals surface area contributed by atoms with E-state index < -0.39 is 0 Å². The summed E-state index contributed by atoms with van der Waals surface area (Å²) in [6.07, 6.45) is 3.88. The third kappa shape index (κ3) is 3.33. The van der Waals surface area contributed by atoms with Crippen molar-refractivity contribution < 1.29 is 0 Å². The second kappa shape index (κ2) is 5.21. The molecule has 0 aromatic carbocycles. The summed E-state index contributed by atoms with van der Waals surface area (Å²) in [6.45, 7) is 4.08. The average Bonchev–Trinajstić information content (AvgIpc) is 2.18. The van der Waals surface area contributed by atoms with Gasteiger partial charge in [-0.05, 0) is 33.4 Å². The topological polar surface area (TPSA) is 39.1 Å². The molecule has 3 nitrogen and oxygen atoms in total. The molecular formula is C10H19N3. The van der Waals surface area contributed by atoms with Crippen LogP contribution in [0, 0.1) is 11.3 Å². The highest BCUT2D eigenvalue weighted by Crippen LogP contribution is 2.08. The summed E-state index contributed by atoms with van der Waals surface area (Å²) in [5, 5.41) is 12.2. The number of nitriles is 1. The first kappa shape index (κ1) is 10.5. The van der Waals surface area contributed by atoms with E-state index in [4.69, 9.17) is 5.26 Å². The van der Waals surface area contributed by atoms with E-state index in [0.717, 1.165) is 13.1 Å². The Morgan fingerprint density at radius 1 is 1.62 bits per heavy atom. The predicted octanol–water partition coefficient (Wildman–Crippen LogP) is 0.972. The lowest BCUT2D eigenvalue weighted by molar-refractivity contribution is 0.242. The van der Waals surface area contributed by atoms with Crippen molar-refractivity contribution in [3.63, 3.8) is 0 Å². The number of likely N-dealkylation sites (N-methyl/N-ethyl adjacent to an activating group) is 1. The lowest BCUT2D eigenvalue weighted by atomic mass is 10.0. The molecule has 1 saturated heterocycles. The third-order valence-corrected chi connectivity index (χ3v) is 2.77. The van der Waals surface area contributed by atoms with Crippen LogP contribution < -0.4 is 5.32 Å². The van der Waals surface area contributed by atoms with E-state index in [-0.39, 0.29) is 6.04 Å².